The Labute approximate surface area is 91.4 Å². The zero-order valence-corrected chi connectivity index (χ0v) is 8.57. The van der Waals surface area contributed by atoms with Crippen molar-refractivity contribution in [2.75, 3.05) is 0 Å². The van der Waals surface area contributed by atoms with Crippen molar-refractivity contribution in [3.8, 4) is 0 Å². The molecule has 16 heavy (non-hydrogen) atoms. The van der Waals surface area contributed by atoms with E-state index in [1.807, 2.05) is 0 Å². The average Bonchev–Trinajstić information content (AvgIpc) is 2.60. The molecule has 4 nitrogen and oxygen atoms in total. The molecule has 1 N–H and O–H groups in total. The van der Waals surface area contributed by atoms with Gasteiger partial charge in [0, 0.05) is 0 Å². The monoisotopic (exact) mass is 223 g/mol. The molecule has 2 rings (SSSR count). The predicted octanol–water partition coefficient (Wildman–Crippen LogP) is 1.56. The number of alkyl carbamates (subject to hydrolysis) is 1. The van der Waals surface area contributed by atoms with Gasteiger partial charge in [-0.25, -0.2) is 9.18 Å². The SMILES string of the molecule is CC(=O)[C@@H]1OC(=O)N[C@H]1c1cccc(F)c1. The van der Waals surface area contributed by atoms with Crippen molar-refractivity contribution < 1.29 is 18.7 Å². The third-order valence-corrected chi connectivity index (χ3v) is 2.42. The van der Waals surface area contributed by atoms with E-state index in [1.54, 1.807) is 6.07 Å². The van der Waals surface area contributed by atoms with Gasteiger partial charge in [-0.05, 0) is 24.6 Å². The molecular weight excluding hydrogens is 213 g/mol. The van der Waals surface area contributed by atoms with Gasteiger partial charge in [0.2, 0.25) is 0 Å². The number of carbonyl (C=O) groups excluding carboxylic acids is 2. The molecule has 1 saturated heterocycles. The van der Waals surface area contributed by atoms with Crippen LogP contribution in [0.3, 0.4) is 0 Å². The Hall–Kier alpha value is -1.91. The number of ether oxygens (including phenoxy) is 1. The van der Waals surface area contributed by atoms with Crippen molar-refractivity contribution >= 4 is 11.9 Å². The predicted molar refractivity (Wildman–Crippen MR) is 53.2 cm³/mol. The van der Waals surface area contributed by atoms with Crippen molar-refractivity contribution in [1.29, 1.82) is 0 Å². The lowest BCUT2D eigenvalue weighted by Gasteiger charge is -2.14. The van der Waals surface area contributed by atoms with Crippen molar-refractivity contribution in [1.82, 2.24) is 5.32 Å². The first-order chi connectivity index (χ1) is 7.58. The van der Waals surface area contributed by atoms with Crippen LogP contribution in [0.1, 0.15) is 18.5 Å². The number of Topliss-reactive ketones (excluding diaryl/α,β-unsaturated/α-hetero) is 1. The second kappa shape index (κ2) is 3.92. The summed E-state index contributed by atoms with van der Waals surface area (Å²) in [6, 6.07) is 5.12. The Morgan fingerprint density at radius 2 is 2.25 bits per heavy atom. The second-order valence-electron chi connectivity index (χ2n) is 3.61. The molecule has 0 aliphatic carbocycles. The highest BCUT2D eigenvalue weighted by atomic mass is 19.1. The molecule has 1 aromatic carbocycles. The lowest BCUT2D eigenvalue weighted by Crippen LogP contribution is -2.27. The van der Waals surface area contributed by atoms with Gasteiger partial charge >= 0.3 is 6.09 Å². The normalized spacial score (nSPS) is 23.8. The minimum absolute atomic E-state index is 0.271. The van der Waals surface area contributed by atoms with E-state index in [4.69, 9.17) is 4.74 Å². The summed E-state index contributed by atoms with van der Waals surface area (Å²) >= 11 is 0. The zero-order chi connectivity index (χ0) is 11.7. The molecule has 5 heteroatoms. The third kappa shape index (κ3) is 1.88. The van der Waals surface area contributed by atoms with Crippen LogP contribution in [0.2, 0.25) is 0 Å². The fourth-order valence-electron chi connectivity index (χ4n) is 1.70. The topological polar surface area (TPSA) is 55.4 Å². The van der Waals surface area contributed by atoms with Crippen LogP contribution in [0.5, 0.6) is 0 Å². The number of rotatable bonds is 2. The lowest BCUT2D eigenvalue weighted by atomic mass is 10.00. The van der Waals surface area contributed by atoms with Crippen LogP contribution in [0.25, 0.3) is 0 Å². The van der Waals surface area contributed by atoms with Crippen LogP contribution in [0.15, 0.2) is 24.3 Å². The Morgan fingerprint density at radius 3 is 2.88 bits per heavy atom. The van der Waals surface area contributed by atoms with Crippen molar-refractivity contribution in [3.05, 3.63) is 35.6 Å². The number of carbonyl (C=O) groups is 2. The van der Waals surface area contributed by atoms with E-state index >= 15 is 0 Å². The smallest absolute Gasteiger partial charge is 0.408 e. The number of hydrogen-bond donors (Lipinski definition) is 1. The molecule has 1 fully saturated rings. The minimum atomic E-state index is -0.880. The molecule has 84 valence electrons. The summed E-state index contributed by atoms with van der Waals surface area (Å²) in [6.07, 6.45) is -1.54. The van der Waals surface area contributed by atoms with Crippen LogP contribution >= 0.6 is 0 Å². The first-order valence-electron chi connectivity index (χ1n) is 4.81. The van der Waals surface area contributed by atoms with Gasteiger partial charge < -0.3 is 10.1 Å². The maximum absolute atomic E-state index is 13.0. The van der Waals surface area contributed by atoms with E-state index in [-0.39, 0.29) is 5.78 Å². The van der Waals surface area contributed by atoms with Gasteiger partial charge in [-0.15, -0.1) is 0 Å². The summed E-state index contributed by atoms with van der Waals surface area (Å²) in [5, 5.41) is 2.48. The Balaban J connectivity index is 2.32. The van der Waals surface area contributed by atoms with Crippen LogP contribution in [-0.4, -0.2) is 18.0 Å². The number of amides is 1. The van der Waals surface area contributed by atoms with Crippen LogP contribution in [0.4, 0.5) is 9.18 Å². The van der Waals surface area contributed by atoms with Crippen molar-refractivity contribution in [3.63, 3.8) is 0 Å². The van der Waals surface area contributed by atoms with Gasteiger partial charge in [0.25, 0.3) is 0 Å². The van der Waals surface area contributed by atoms with E-state index in [2.05, 4.69) is 5.32 Å². The Morgan fingerprint density at radius 1 is 1.50 bits per heavy atom. The lowest BCUT2D eigenvalue weighted by molar-refractivity contribution is -0.124. The molecule has 1 amide bonds. The van der Waals surface area contributed by atoms with Crippen LogP contribution in [0, 0.1) is 5.82 Å². The van der Waals surface area contributed by atoms with Gasteiger partial charge in [-0.1, -0.05) is 12.1 Å². The molecule has 0 unspecified atom stereocenters. The fourth-order valence-corrected chi connectivity index (χ4v) is 1.70. The first-order valence-corrected chi connectivity index (χ1v) is 4.81. The summed E-state index contributed by atoms with van der Waals surface area (Å²) in [6.45, 7) is 1.33. The summed E-state index contributed by atoms with van der Waals surface area (Å²) in [5.41, 5.74) is 0.519. The molecule has 1 aromatic rings. The zero-order valence-electron chi connectivity index (χ0n) is 8.57. The molecule has 0 saturated carbocycles. The average molecular weight is 223 g/mol. The number of ketones is 1. The van der Waals surface area contributed by atoms with Gasteiger partial charge in [0.1, 0.15) is 11.9 Å². The number of cyclic esters (lactones) is 1. The van der Waals surface area contributed by atoms with E-state index in [0.29, 0.717) is 5.56 Å². The first kappa shape index (κ1) is 10.6. The quantitative estimate of drug-likeness (QED) is 0.827. The number of hydrogen-bond acceptors (Lipinski definition) is 3. The molecule has 2 atom stereocenters. The van der Waals surface area contributed by atoms with Crippen LogP contribution < -0.4 is 5.32 Å². The van der Waals surface area contributed by atoms with Gasteiger partial charge in [-0.2, -0.15) is 0 Å². The van der Waals surface area contributed by atoms with Crippen molar-refractivity contribution in [2.24, 2.45) is 0 Å². The molecule has 0 radical (unpaired) electrons. The Kier molecular flexibility index (Phi) is 2.60. The van der Waals surface area contributed by atoms with Gasteiger partial charge in [-0.3, -0.25) is 4.79 Å². The summed E-state index contributed by atoms with van der Waals surface area (Å²) in [5.74, 6) is -0.687. The molecule has 0 spiro atoms. The van der Waals surface area contributed by atoms with E-state index in [0.717, 1.165) is 0 Å². The summed E-state index contributed by atoms with van der Waals surface area (Å²) in [7, 11) is 0. The van der Waals surface area contributed by atoms with E-state index < -0.39 is 24.1 Å². The molecular formula is C11H10FNO3. The molecule has 0 bridgehead atoms. The molecule has 1 heterocycles. The number of nitrogens with one attached hydrogen (secondary N) is 1. The highest BCUT2D eigenvalue weighted by molar-refractivity contribution is 5.87. The maximum Gasteiger partial charge on any atom is 0.408 e. The molecule has 0 aromatic heterocycles. The largest absolute Gasteiger partial charge is 0.436 e. The standard InChI is InChI=1S/C11H10FNO3/c1-6(14)10-9(13-11(15)16-10)7-3-2-4-8(12)5-7/h2-5,9-10H,1H3,(H,13,15)/t9-,10-/m0/s1. The third-order valence-electron chi connectivity index (χ3n) is 2.42. The summed E-state index contributed by atoms with van der Waals surface area (Å²) in [4.78, 5) is 22.3. The maximum atomic E-state index is 13.0. The number of halogens is 1. The highest BCUT2D eigenvalue weighted by Gasteiger charge is 2.38. The minimum Gasteiger partial charge on any atom is -0.436 e. The highest BCUT2D eigenvalue weighted by Crippen LogP contribution is 2.25. The van der Waals surface area contributed by atoms with Crippen molar-refractivity contribution in [2.45, 2.75) is 19.1 Å². The second-order valence-corrected chi connectivity index (χ2v) is 3.61. The molecule has 1 aliphatic heterocycles. The molecule has 1 aliphatic rings. The van der Waals surface area contributed by atoms with Gasteiger partial charge in [0.15, 0.2) is 11.9 Å². The summed E-state index contributed by atoms with van der Waals surface area (Å²) < 4.78 is 17.8. The van der Waals surface area contributed by atoms with E-state index in [1.165, 1.54) is 25.1 Å². The van der Waals surface area contributed by atoms with Gasteiger partial charge in [0.05, 0.1) is 0 Å². The van der Waals surface area contributed by atoms with Crippen LogP contribution in [-0.2, 0) is 9.53 Å². The fraction of sp³-hybridized carbons (Fsp3) is 0.273. The number of benzene rings is 1. The van der Waals surface area contributed by atoms with E-state index in [9.17, 15) is 14.0 Å². The Bertz CT molecular complexity index is 447.